The second kappa shape index (κ2) is 5.98. The Morgan fingerprint density at radius 2 is 1.81 bits per heavy atom. The molecule has 0 aliphatic rings. The number of hydrogen-bond donors (Lipinski definition) is 1. The van der Waals surface area contributed by atoms with Crippen molar-refractivity contribution in [2.45, 2.75) is 19.6 Å². The number of benzene rings is 2. The molecule has 2 rings (SSSR count). The highest BCUT2D eigenvalue weighted by Crippen LogP contribution is 2.18. The Hall–Kier alpha value is -2.32. The summed E-state index contributed by atoms with van der Waals surface area (Å²) in [6, 6.07) is 14.1. The van der Waals surface area contributed by atoms with Gasteiger partial charge in [0.05, 0.1) is 17.4 Å². The van der Waals surface area contributed by atoms with Gasteiger partial charge in [0.25, 0.3) is 0 Å². The van der Waals surface area contributed by atoms with Crippen LogP contribution in [0.5, 0.6) is 0 Å². The molecule has 0 saturated carbocycles. The summed E-state index contributed by atoms with van der Waals surface area (Å²) in [5.41, 5.74) is 3.53. The average Bonchev–Trinajstić information content (AvgIpc) is 2.43. The lowest BCUT2D eigenvalue weighted by Gasteiger charge is -2.10. The van der Waals surface area contributed by atoms with Crippen molar-refractivity contribution in [3.63, 3.8) is 0 Å². The zero-order valence-corrected chi connectivity index (χ0v) is 12.7. The Morgan fingerprint density at radius 3 is 2.48 bits per heavy atom. The second-order valence-electron chi connectivity index (χ2n) is 4.93. The van der Waals surface area contributed by atoms with Gasteiger partial charge in [-0.1, -0.05) is 24.3 Å². The molecule has 0 aliphatic heterocycles. The number of nitrogens with zero attached hydrogens (tertiary/aromatic N) is 1. The van der Waals surface area contributed by atoms with E-state index >= 15 is 0 Å². The van der Waals surface area contributed by atoms with Gasteiger partial charge in [0.15, 0.2) is 0 Å². The van der Waals surface area contributed by atoms with Crippen LogP contribution in [-0.4, -0.2) is 8.42 Å². The lowest BCUT2D eigenvalue weighted by Crippen LogP contribution is -2.15. The summed E-state index contributed by atoms with van der Waals surface area (Å²) in [7, 11) is -3.55. The Kier molecular flexibility index (Phi) is 4.29. The fraction of sp³-hybridized carbons (Fsp3) is 0.188. The molecule has 0 atom stereocenters. The van der Waals surface area contributed by atoms with E-state index in [1.807, 2.05) is 26.0 Å². The SMILES string of the molecule is Cc1ccc(NS(=O)(=O)Cc2ccccc2C#N)cc1C. The van der Waals surface area contributed by atoms with Crippen LogP contribution < -0.4 is 4.72 Å². The van der Waals surface area contributed by atoms with E-state index in [4.69, 9.17) is 5.26 Å². The third-order valence-corrected chi connectivity index (χ3v) is 4.50. The van der Waals surface area contributed by atoms with E-state index in [-0.39, 0.29) is 5.75 Å². The van der Waals surface area contributed by atoms with Crippen molar-refractivity contribution in [1.82, 2.24) is 0 Å². The molecule has 0 spiro atoms. The zero-order valence-electron chi connectivity index (χ0n) is 11.9. The summed E-state index contributed by atoms with van der Waals surface area (Å²) in [5.74, 6) is -0.219. The molecule has 5 heteroatoms. The van der Waals surface area contributed by atoms with Gasteiger partial charge in [-0.3, -0.25) is 4.72 Å². The molecule has 108 valence electrons. The van der Waals surface area contributed by atoms with Crippen molar-refractivity contribution in [1.29, 1.82) is 5.26 Å². The maximum Gasteiger partial charge on any atom is 0.236 e. The van der Waals surface area contributed by atoms with E-state index in [1.54, 1.807) is 36.4 Å². The number of aryl methyl sites for hydroxylation is 2. The molecule has 21 heavy (non-hydrogen) atoms. The smallest absolute Gasteiger partial charge is 0.236 e. The van der Waals surface area contributed by atoms with E-state index in [2.05, 4.69) is 4.72 Å². The Bertz CT molecular complexity index is 805. The van der Waals surface area contributed by atoms with Crippen LogP contribution in [0.15, 0.2) is 42.5 Å². The minimum atomic E-state index is -3.55. The molecule has 4 nitrogen and oxygen atoms in total. The largest absolute Gasteiger partial charge is 0.283 e. The Labute approximate surface area is 125 Å². The number of nitrogens with one attached hydrogen (secondary N) is 1. The summed E-state index contributed by atoms with van der Waals surface area (Å²) in [5, 5.41) is 9.01. The first kappa shape index (κ1) is 15.1. The van der Waals surface area contributed by atoms with Crippen molar-refractivity contribution in [3.8, 4) is 6.07 Å². The van der Waals surface area contributed by atoms with Crippen LogP contribution in [0.1, 0.15) is 22.3 Å². The predicted molar refractivity (Wildman–Crippen MR) is 83.3 cm³/mol. The molecule has 0 unspecified atom stereocenters. The highest BCUT2D eigenvalue weighted by atomic mass is 32.2. The van der Waals surface area contributed by atoms with E-state index in [1.165, 1.54) is 0 Å². The van der Waals surface area contributed by atoms with Gasteiger partial charge in [-0.25, -0.2) is 8.42 Å². The second-order valence-corrected chi connectivity index (χ2v) is 6.65. The minimum Gasteiger partial charge on any atom is -0.283 e. The Balaban J connectivity index is 2.23. The van der Waals surface area contributed by atoms with Crippen LogP contribution in [0.3, 0.4) is 0 Å². The average molecular weight is 300 g/mol. The van der Waals surface area contributed by atoms with Gasteiger partial charge in [-0.05, 0) is 48.7 Å². The third kappa shape index (κ3) is 3.83. The van der Waals surface area contributed by atoms with Gasteiger partial charge in [0.1, 0.15) is 0 Å². The van der Waals surface area contributed by atoms with Gasteiger partial charge in [-0.2, -0.15) is 5.26 Å². The van der Waals surface area contributed by atoms with Crippen LogP contribution in [0.4, 0.5) is 5.69 Å². The maximum atomic E-state index is 12.2. The fourth-order valence-corrected chi connectivity index (χ4v) is 3.20. The number of sulfonamides is 1. The third-order valence-electron chi connectivity index (χ3n) is 3.26. The molecule has 0 saturated heterocycles. The molecule has 0 bridgehead atoms. The molecule has 0 amide bonds. The van der Waals surface area contributed by atoms with Crippen LogP contribution in [0, 0.1) is 25.2 Å². The first-order chi connectivity index (χ1) is 9.91. The van der Waals surface area contributed by atoms with Crippen molar-refractivity contribution in [2.24, 2.45) is 0 Å². The molecule has 0 aromatic heterocycles. The van der Waals surface area contributed by atoms with Crippen molar-refractivity contribution >= 4 is 15.7 Å². The highest BCUT2D eigenvalue weighted by Gasteiger charge is 2.14. The monoisotopic (exact) mass is 300 g/mol. The molecule has 0 heterocycles. The van der Waals surface area contributed by atoms with Gasteiger partial charge < -0.3 is 0 Å². The van der Waals surface area contributed by atoms with Crippen LogP contribution in [0.25, 0.3) is 0 Å². The zero-order chi connectivity index (χ0) is 15.5. The summed E-state index contributed by atoms with van der Waals surface area (Å²) >= 11 is 0. The van der Waals surface area contributed by atoms with Crippen LogP contribution in [0.2, 0.25) is 0 Å². The van der Waals surface area contributed by atoms with Gasteiger partial charge in [0, 0.05) is 5.69 Å². The number of rotatable bonds is 4. The number of hydrogen-bond acceptors (Lipinski definition) is 3. The summed E-state index contributed by atoms with van der Waals surface area (Å²) < 4.78 is 27.0. The molecule has 1 N–H and O–H groups in total. The van der Waals surface area contributed by atoms with Crippen LogP contribution in [-0.2, 0) is 15.8 Å². The molecular formula is C16H16N2O2S. The first-order valence-corrected chi connectivity index (χ1v) is 8.12. The normalized spacial score (nSPS) is 10.9. The number of nitriles is 1. The topological polar surface area (TPSA) is 70.0 Å². The lowest BCUT2D eigenvalue weighted by molar-refractivity contribution is 0.600. The van der Waals surface area contributed by atoms with Gasteiger partial charge in [0.2, 0.25) is 10.0 Å². The molecule has 2 aromatic rings. The first-order valence-electron chi connectivity index (χ1n) is 6.47. The lowest BCUT2D eigenvalue weighted by atomic mass is 10.1. The summed E-state index contributed by atoms with van der Waals surface area (Å²) in [4.78, 5) is 0. The summed E-state index contributed by atoms with van der Waals surface area (Å²) in [6.45, 7) is 3.90. The fourth-order valence-electron chi connectivity index (χ4n) is 1.98. The van der Waals surface area contributed by atoms with Gasteiger partial charge >= 0.3 is 0 Å². The number of anilines is 1. The summed E-state index contributed by atoms with van der Waals surface area (Å²) in [6.07, 6.45) is 0. The van der Waals surface area contributed by atoms with E-state index < -0.39 is 10.0 Å². The van der Waals surface area contributed by atoms with Crippen molar-refractivity contribution in [3.05, 3.63) is 64.7 Å². The van der Waals surface area contributed by atoms with Crippen LogP contribution >= 0.6 is 0 Å². The van der Waals surface area contributed by atoms with Crippen molar-refractivity contribution in [2.75, 3.05) is 4.72 Å². The van der Waals surface area contributed by atoms with Crippen molar-refractivity contribution < 1.29 is 8.42 Å². The molecule has 0 aliphatic carbocycles. The highest BCUT2D eigenvalue weighted by molar-refractivity contribution is 7.91. The molecule has 0 radical (unpaired) electrons. The predicted octanol–water partition coefficient (Wildman–Crippen LogP) is 3.12. The quantitative estimate of drug-likeness (QED) is 0.943. The molecule has 2 aromatic carbocycles. The molecule has 0 fully saturated rings. The van der Waals surface area contributed by atoms with E-state index in [0.29, 0.717) is 16.8 Å². The van der Waals surface area contributed by atoms with E-state index in [0.717, 1.165) is 11.1 Å². The molecular weight excluding hydrogens is 284 g/mol. The maximum absolute atomic E-state index is 12.2. The standard InChI is InChI=1S/C16H16N2O2S/c1-12-7-8-16(9-13(12)2)18-21(19,20)11-15-6-4-3-5-14(15)10-17/h3-9,18H,11H2,1-2H3. The van der Waals surface area contributed by atoms with Gasteiger partial charge in [-0.15, -0.1) is 0 Å². The minimum absolute atomic E-state index is 0.219. The Morgan fingerprint density at radius 1 is 1.10 bits per heavy atom. The van der Waals surface area contributed by atoms with E-state index in [9.17, 15) is 8.42 Å².